The number of hydrogen-bond donors (Lipinski definition) is 1. The van der Waals surface area contributed by atoms with Crippen molar-refractivity contribution >= 4 is 5.69 Å². The van der Waals surface area contributed by atoms with Gasteiger partial charge in [-0.15, -0.1) is 0 Å². The Labute approximate surface area is 104 Å². The highest BCUT2D eigenvalue weighted by Gasteiger charge is 2.25. The highest BCUT2D eigenvalue weighted by atomic mass is 16.3. The van der Waals surface area contributed by atoms with Crippen LogP contribution in [0.4, 0.5) is 5.69 Å². The molecule has 0 saturated heterocycles. The lowest BCUT2D eigenvalue weighted by atomic mass is 9.88. The van der Waals surface area contributed by atoms with Gasteiger partial charge in [-0.2, -0.15) is 0 Å². The zero-order chi connectivity index (χ0) is 12.3. The van der Waals surface area contributed by atoms with Crippen molar-refractivity contribution in [2.75, 3.05) is 19.0 Å². The number of nitrogens with zero attached hydrogens (tertiary/aromatic N) is 1. The Morgan fingerprint density at radius 1 is 1.06 bits per heavy atom. The van der Waals surface area contributed by atoms with Crippen LogP contribution in [-0.2, 0) is 0 Å². The second-order valence-electron chi connectivity index (χ2n) is 5.27. The zero-order valence-corrected chi connectivity index (χ0v) is 10.9. The van der Waals surface area contributed by atoms with Crippen LogP contribution in [0.15, 0.2) is 24.3 Å². The van der Waals surface area contributed by atoms with E-state index >= 15 is 0 Å². The van der Waals surface area contributed by atoms with Crippen molar-refractivity contribution in [1.82, 2.24) is 0 Å². The largest absolute Gasteiger partial charge is 0.392 e. The van der Waals surface area contributed by atoms with Gasteiger partial charge >= 0.3 is 0 Å². The third-order valence-electron chi connectivity index (χ3n) is 3.80. The number of anilines is 1. The molecule has 94 valence electrons. The molecule has 0 spiro atoms. The molecule has 1 aromatic rings. The van der Waals surface area contributed by atoms with E-state index in [1.807, 2.05) is 0 Å². The number of benzene rings is 1. The van der Waals surface area contributed by atoms with Gasteiger partial charge in [0.2, 0.25) is 0 Å². The second-order valence-corrected chi connectivity index (χ2v) is 5.27. The van der Waals surface area contributed by atoms with Crippen molar-refractivity contribution in [3.05, 3.63) is 29.8 Å². The van der Waals surface area contributed by atoms with Crippen LogP contribution in [0.1, 0.15) is 43.6 Å². The molecule has 17 heavy (non-hydrogen) atoms. The maximum atomic E-state index is 10.3. The molecule has 0 aliphatic heterocycles. The summed E-state index contributed by atoms with van der Waals surface area (Å²) in [5, 5.41) is 10.3. The molecule has 1 aliphatic rings. The summed E-state index contributed by atoms with van der Waals surface area (Å²) >= 11 is 0. The molecule has 0 heterocycles. The summed E-state index contributed by atoms with van der Waals surface area (Å²) in [7, 11) is 4.14. The molecule has 2 unspecified atom stereocenters. The molecule has 1 fully saturated rings. The van der Waals surface area contributed by atoms with E-state index in [0.29, 0.717) is 5.92 Å². The molecule has 0 bridgehead atoms. The topological polar surface area (TPSA) is 23.5 Å². The lowest BCUT2D eigenvalue weighted by molar-refractivity contribution is 0.135. The number of rotatable bonds is 2. The Balaban J connectivity index is 2.30. The lowest BCUT2D eigenvalue weighted by Crippen LogP contribution is -2.20. The molecule has 2 nitrogen and oxygen atoms in total. The monoisotopic (exact) mass is 233 g/mol. The van der Waals surface area contributed by atoms with E-state index in [1.54, 1.807) is 0 Å². The fourth-order valence-corrected chi connectivity index (χ4v) is 2.86. The SMILES string of the molecule is CN(C)c1ccccc1C1CCCCCC1O. The van der Waals surface area contributed by atoms with E-state index in [-0.39, 0.29) is 6.10 Å². The predicted molar refractivity (Wildman–Crippen MR) is 72.6 cm³/mol. The first-order chi connectivity index (χ1) is 8.20. The minimum absolute atomic E-state index is 0.168. The Hall–Kier alpha value is -1.02. The van der Waals surface area contributed by atoms with Gasteiger partial charge < -0.3 is 10.0 Å². The molecule has 2 heteroatoms. The van der Waals surface area contributed by atoms with Crippen molar-refractivity contribution in [3.63, 3.8) is 0 Å². The smallest absolute Gasteiger partial charge is 0.0609 e. The van der Waals surface area contributed by atoms with Crippen molar-refractivity contribution in [2.45, 2.75) is 44.1 Å². The second kappa shape index (κ2) is 5.54. The molecule has 2 atom stereocenters. The molecule has 1 saturated carbocycles. The van der Waals surface area contributed by atoms with Crippen LogP contribution in [0.2, 0.25) is 0 Å². The first-order valence-corrected chi connectivity index (χ1v) is 6.64. The van der Waals surface area contributed by atoms with Gasteiger partial charge in [0.15, 0.2) is 0 Å². The first-order valence-electron chi connectivity index (χ1n) is 6.64. The van der Waals surface area contributed by atoms with Crippen LogP contribution >= 0.6 is 0 Å². The van der Waals surface area contributed by atoms with Crippen molar-refractivity contribution in [1.29, 1.82) is 0 Å². The predicted octanol–water partition coefficient (Wildman–Crippen LogP) is 3.16. The van der Waals surface area contributed by atoms with Gasteiger partial charge in [0, 0.05) is 25.7 Å². The highest BCUT2D eigenvalue weighted by molar-refractivity contribution is 5.54. The van der Waals surface area contributed by atoms with Crippen LogP contribution in [0.3, 0.4) is 0 Å². The number of hydrogen-bond acceptors (Lipinski definition) is 2. The summed E-state index contributed by atoms with van der Waals surface area (Å²) in [6, 6.07) is 8.48. The lowest BCUT2D eigenvalue weighted by Gasteiger charge is -2.26. The van der Waals surface area contributed by atoms with Crippen LogP contribution < -0.4 is 4.90 Å². The number of para-hydroxylation sites is 1. The van der Waals surface area contributed by atoms with Gasteiger partial charge in [-0.1, -0.05) is 37.5 Å². The van der Waals surface area contributed by atoms with E-state index < -0.39 is 0 Å². The van der Waals surface area contributed by atoms with Gasteiger partial charge in [-0.25, -0.2) is 0 Å². The Kier molecular flexibility index (Phi) is 4.06. The molecule has 2 rings (SSSR count). The maximum absolute atomic E-state index is 10.3. The minimum Gasteiger partial charge on any atom is -0.392 e. The Morgan fingerprint density at radius 3 is 2.53 bits per heavy atom. The summed E-state index contributed by atoms with van der Waals surface area (Å²) in [5.41, 5.74) is 2.56. The third kappa shape index (κ3) is 2.81. The van der Waals surface area contributed by atoms with Gasteiger partial charge in [0.25, 0.3) is 0 Å². The van der Waals surface area contributed by atoms with Crippen molar-refractivity contribution in [3.8, 4) is 0 Å². The molecule has 1 aromatic carbocycles. The van der Waals surface area contributed by atoms with Gasteiger partial charge in [0.1, 0.15) is 0 Å². The normalized spacial score (nSPS) is 25.4. The molecular formula is C15H23NO. The van der Waals surface area contributed by atoms with Crippen LogP contribution in [0, 0.1) is 0 Å². The number of aliphatic hydroxyl groups is 1. The quantitative estimate of drug-likeness (QED) is 0.793. The third-order valence-corrected chi connectivity index (χ3v) is 3.80. The average Bonchev–Trinajstić information content (AvgIpc) is 2.54. The fraction of sp³-hybridized carbons (Fsp3) is 0.600. The first kappa shape index (κ1) is 12.4. The Morgan fingerprint density at radius 2 is 1.76 bits per heavy atom. The van der Waals surface area contributed by atoms with Crippen molar-refractivity contribution in [2.24, 2.45) is 0 Å². The van der Waals surface area contributed by atoms with Gasteiger partial charge in [-0.3, -0.25) is 0 Å². The highest BCUT2D eigenvalue weighted by Crippen LogP contribution is 2.36. The molecule has 0 amide bonds. The van der Waals surface area contributed by atoms with E-state index in [0.717, 1.165) is 12.8 Å². The molecule has 1 N–H and O–H groups in total. The van der Waals surface area contributed by atoms with Crippen LogP contribution in [0.25, 0.3) is 0 Å². The van der Waals surface area contributed by atoms with E-state index in [9.17, 15) is 5.11 Å². The van der Waals surface area contributed by atoms with Crippen LogP contribution in [-0.4, -0.2) is 25.3 Å². The summed E-state index contributed by atoms with van der Waals surface area (Å²) in [4.78, 5) is 2.15. The standard InChI is InChI=1S/C15H23NO/c1-16(2)14-10-7-6-8-12(14)13-9-4-3-5-11-15(13)17/h6-8,10,13,15,17H,3-5,9,11H2,1-2H3. The van der Waals surface area contributed by atoms with Crippen LogP contribution in [0.5, 0.6) is 0 Å². The van der Waals surface area contributed by atoms with E-state index in [4.69, 9.17) is 0 Å². The fourth-order valence-electron chi connectivity index (χ4n) is 2.86. The average molecular weight is 233 g/mol. The number of aliphatic hydroxyl groups excluding tert-OH is 1. The Bertz CT molecular complexity index is 362. The molecule has 0 radical (unpaired) electrons. The van der Waals surface area contributed by atoms with E-state index in [2.05, 4.69) is 43.3 Å². The maximum Gasteiger partial charge on any atom is 0.0609 e. The van der Waals surface area contributed by atoms with E-state index in [1.165, 1.54) is 30.5 Å². The summed E-state index contributed by atoms with van der Waals surface area (Å²) < 4.78 is 0. The minimum atomic E-state index is -0.168. The van der Waals surface area contributed by atoms with Crippen molar-refractivity contribution < 1.29 is 5.11 Å². The molecule has 0 aromatic heterocycles. The summed E-state index contributed by atoms with van der Waals surface area (Å²) in [5.74, 6) is 0.316. The van der Waals surface area contributed by atoms with Gasteiger partial charge in [-0.05, 0) is 24.5 Å². The summed E-state index contributed by atoms with van der Waals surface area (Å²) in [6.07, 6.45) is 5.57. The molecule has 1 aliphatic carbocycles. The molecular weight excluding hydrogens is 210 g/mol. The zero-order valence-electron chi connectivity index (χ0n) is 10.9. The summed E-state index contributed by atoms with van der Waals surface area (Å²) in [6.45, 7) is 0. The van der Waals surface area contributed by atoms with Gasteiger partial charge in [0.05, 0.1) is 6.10 Å².